The van der Waals surface area contributed by atoms with Crippen LogP contribution in [0.3, 0.4) is 0 Å². The number of nitrogens with one attached hydrogen (secondary N) is 1. The van der Waals surface area contributed by atoms with Gasteiger partial charge in [0.05, 0.1) is 18.4 Å². The summed E-state index contributed by atoms with van der Waals surface area (Å²) >= 11 is 0. The van der Waals surface area contributed by atoms with Gasteiger partial charge in [0, 0.05) is 26.8 Å². The normalized spacial score (nSPS) is 11.6. The molecule has 8 heteroatoms. The van der Waals surface area contributed by atoms with Gasteiger partial charge in [-0.1, -0.05) is 29.8 Å². The van der Waals surface area contributed by atoms with Crippen LogP contribution in [0.2, 0.25) is 0 Å². The van der Waals surface area contributed by atoms with Crippen LogP contribution < -0.4 is 15.1 Å². The quantitative estimate of drug-likeness (QED) is 0.478. The van der Waals surface area contributed by atoms with Crippen LogP contribution in [0.1, 0.15) is 25.0 Å². The molecule has 2 rings (SSSR count). The van der Waals surface area contributed by atoms with Crippen LogP contribution in [-0.2, 0) is 4.74 Å². The Balaban J connectivity index is 2.17. The molecule has 0 spiro atoms. The Hall–Kier alpha value is -2.71. The van der Waals surface area contributed by atoms with Gasteiger partial charge in [-0.3, -0.25) is 5.43 Å². The van der Waals surface area contributed by atoms with Crippen LogP contribution in [0, 0.1) is 6.92 Å². The van der Waals surface area contributed by atoms with Gasteiger partial charge in [-0.15, -0.1) is 0 Å². The van der Waals surface area contributed by atoms with Crippen molar-refractivity contribution in [1.82, 2.24) is 9.97 Å². The molecule has 0 amide bonds. The number of hydrazone groups is 1. The first-order valence-corrected chi connectivity index (χ1v) is 9.07. The topological polar surface area (TPSA) is 92.1 Å². The standard InChI is InChI=1S/C20H29N5O3/c1-15-7-6-8-16(11-15)13-21-24-17-12-18(25(4)9-10-27-5)23-19(22-17)28-14-20(2,3)26/h6-8,11-13,26H,9-10,14H2,1-5H3,(H,22,23,24). The fourth-order valence-corrected chi connectivity index (χ4v) is 2.24. The van der Waals surface area contributed by atoms with Crippen molar-refractivity contribution in [1.29, 1.82) is 0 Å². The fourth-order valence-electron chi connectivity index (χ4n) is 2.24. The largest absolute Gasteiger partial charge is 0.460 e. The van der Waals surface area contributed by atoms with Crippen LogP contribution in [0.15, 0.2) is 35.4 Å². The average Bonchev–Trinajstić information content (AvgIpc) is 2.64. The van der Waals surface area contributed by atoms with Gasteiger partial charge in [0.1, 0.15) is 12.4 Å². The van der Waals surface area contributed by atoms with Crippen LogP contribution >= 0.6 is 0 Å². The third-order valence-corrected chi connectivity index (χ3v) is 3.70. The number of nitrogens with zero attached hydrogens (tertiary/aromatic N) is 4. The van der Waals surface area contributed by atoms with Gasteiger partial charge in [0.25, 0.3) is 0 Å². The van der Waals surface area contributed by atoms with Gasteiger partial charge in [0.15, 0.2) is 5.82 Å². The van der Waals surface area contributed by atoms with Crippen molar-refractivity contribution >= 4 is 17.9 Å². The summed E-state index contributed by atoms with van der Waals surface area (Å²) in [6.45, 7) is 6.65. The van der Waals surface area contributed by atoms with Gasteiger partial charge >= 0.3 is 6.01 Å². The number of likely N-dealkylation sites (N-methyl/N-ethyl adjacent to an activating group) is 1. The van der Waals surface area contributed by atoms with Crippen molar-refractivity contribution in [2.75, 3.05) is 44.2 Å². The molecule has 0 fully saturated rings. The molecule has 1 heterocycles. The SMILES string of the molecule is COCCN(C)c1cc(NN=Cc2cccc(C)c2)nc(OCC(C)(C)O)n1. The zero-order chi connectivity index (χ0) is 20.6. The van der Waals surface area contributed by atoms with Gasteiger partial charge in [-0.2, -0.15) is 15.1 Å². The van der Waals surface area contributed by atoms with Gasteiger partial charge in [-0.25, -0.2) is 0 Å². The number of aryl methyl sites for hydroxylation is 1. The molecule has 1 aromatic carbocycles. The van der Waals surface area contributed by atoms with E-state index in [0.29, 0.717) is 24.8 Å². The molecule has 0 aliphatic heterocycles. The molecule has 0 saturated heterocycles. The number of methoxy groups -OCH3 is 1. The van der Waals surface area contributed by atoms with Crippen molar-refractivity contribution in [3.8, 4) is 6.01 Å². The Morgan fingerprint density at radius 2 is 2.07 bits per heavy atom. The van der Waals surface area contributed by atoms with Crippen molar-refractivity contribution in [2.24, 2.45) is 5.10 Å². The van der Waals surface area contributed by atoms with E-state index in [-0.39, 0.29) is 12.6 Å². The highest BCUT2D eigenvalue weighted by molar-refractivity contribution is 5.80. The maximum absolute atomic E-state index is 9.89. The highest BCUT2D eigenvalue weighted by atomic mass is 16.5. The van der Waals surface area contributed by atoms with Crippen LogP contribution in [0.25, 0.3) is 0 Å². The van der Waals surface area contributed by atoms with Gasteiger partial charge < -0.3 is 19.5 Å². The molecule has 1 aromatic heterocycles. The Kier molecular flexibility index (Phi) is 7.71. The van der Waals surface area contributed by atoms with Crippen molar-refractivity contribution in [3.63, 3.8) is 0 Å². The molecule has 0 aliphatic rings. The maximum atomic E-state index is 9.89. The third kappa shape index (κ3) is 7.50. The van der Waals surface area contributed by atoms with Crippen molar-refractivity contribution in [2.45, 2.75) is 26.4 Å². The Morgan fingerprint density at radius 1 is 1.29 bits per heavy atom. The number of aromatic nitrogens is 2. The zero-order valence-electron chi connectivity index (χ0n) is 17.1. The van der Waals surface area contributed by atoms with Crippen LogP contribution in [0.5, 0.6) is 6.01 Å². The number of ether oxygens (including phenoxy) is 2. The monoisotopic (exact) mass is 387 g/mol. The fraction of sp³-hybridized carbons (Fsp3) is 0.450. The van der Waals surface area contributed by atoms with E-state index in [4.69, 9.17) is 9.47 Å². The summed E-state index contributed by atoms with van der Waals surface area (Å²) in [6.07, 6.45) is 1.72. The smallest absolute Gasteiger partial charge is 0.320 e. The highest BCUT2D eigenvalue weighted by Crippen LogP contribution is 2.19. The summed E-state index contributed by atoms with van der Waals surface area (Å²) in [6, 6.07) is 9.96. The van der Waals surface area contributed by atoms with Crippen LogP contribution in [0.4, 0.5) is 11.6 Å². The third-order valence-electron chi connectivity index (χ3n) is 3.70. The highest BCUT2D eigenvalue weighted by Gasteiger charge is 2.16. The first-order chi connectivity index (χ1) is 13.3. The Morgan fingerprint density at radius 3 is 2.75 bits per heavy atom. The summed E-state index contributed by atoms with van der Waals surface area (Å²) in [5.74, 6) is 1.15. The number of rotatable bonds is 10. The molecule has 0 aliphatic carbocycles. The lowest BCUT2D eigenvalue weighted by atomic mass is 10.2. The second-order valence-corrected chi connectivity index (χ2v) is 7.19. The van der Waals surface area contributed by atoms with E-state index < -0.39 is 5.60 Å². The molecule has 0 atom stereocenters. The zero-order valence-corrected chi connectivity index (χ0v) is 17.1. The van der Waals surface area contributed by atoms with Crippen molar-refractivity contribution in [3.05, 3.63) is 41.5 Å². The second kappa shape index (κ2) is 10.0. The first-order valence-electron chi connectivity index (χ1n) is 9.07. The molecule has 2 N–H and O–H groups in total. The van der Waals surface area contributed by atoms with Crippen LogP contribution in [-0.4, -0.2) is 60.8 Å². The molecule has 8 nitrogen and oxygen atoms in total. The molecular formula is C20H29N5O3. The first kappa shape index (κ1) is 21.6. The lowest BCUT2D eigenvalue weighted by Crippen LogP contribution is -2.29. The van der Waals surface area contributed by atoms with E-state index in [1.165, 1.54) is 0 Å². The lowest BCUT2D eigenvalue weighted by molar-refractivity contribution is 0.0251. The number of anilines is 2. The summed E-state index contributed by atoms with van der Waals surface area (Å²) in [5.41, 5.74) is 4.08. The minimum absolute atomic E-state index is 0.0736. The van der Waals surface area contributed by atoms with Crippen molar-refractivity contribution < 1.29 is 14.6 Å². The summed E-state index contributed by atoms with van der Waals surface area (Å²) < 4.78 is 10.7. The summed E-state index contributed by atoms with van der Waals surface area (Å²) in [7, 11) is 3.56. The van der Waals surface area contributed by atoms with E-state index in [1.54, 1.807) is 33.2 Å². The van der Waals surface area contributed by atoms with E-state index in [9.17, 15) is 5.11 Å². The Bertz CT molecular complexity index is 790. The lowest BCUT2D eigenvalue weighted by Gasteiger charge is -2.20. The minimum atomic E-state index is -0.988. The molecule has 0 bridgehead atoms. The predicted molar refractivity (Wildman–Crippen MR) is 111 cm³/mol. The van der Waals surface area contributed by atoms with Gasteiger partial charge in [-0.05, 0) is 26.3 Å². The van der Waals surface area contributed by atoms with Gasteiger partial charge in [0.2, 0.25) is 0 Å². The van der Waals surface area contributed by atoms with E-state index in [1.807, 2.05) is 43.1 Å². The molecular weight excluding hydrogens is 358 g/mol. The summed E-state index contributed by atoms with van der Waals surface area (Å²) in [4.78, 5) is 10.7. The average molecular weight is 387 g/mol. The molecule has 0 radical (unpaired) electrons. The molecule has 0 unspecified atom stereocenters. The van der Waals surface area contributed by atoms with E-state index in [2.05, 4.69) is 20.5 Å². The number of benzene rings is 1. The minimum Gasteiger partial charge on any atom is -0.460 e. The molecule has 152 valence electrons. The maximum Gasteiger partial charge on any atom is 0.320 e. The number of hydrogen-bond acceptors (Lipinski definition) is 8. The molecule has 0 saturated carbocycles. The predicted octanol–water partition coefficient (Wildman–Crippen LogP) is 2.46. The molecule has 2 aromatic rings. The van der Waals surface area contributed by atoms with E-state index in [0.717, 1.165) is 11.1 Å². The number of aliphatic hydroxyl groups is 1. The molecule has 28 heavy (non-hydrogen) atoms. The second-order valence-electron chi connectivity index (χ2n) is 7.19. The van der Waals surface area contributed by atoms with E-state index >= 15 is 0 Å². The Labute approximate surface area is 166 Å². The summed E-state index contributed by atoms with van der Waals surface area (Å²) in [5, 5.41) is 14.1. The number of hydrogen-bond donors (Lipinski definition) is 2.